The molecule has 0 aromatic heterocycles. The zero-order chi connectivity index (χ0) is 14.8. The monoisotopic (exact) mass is 281 g/mol. The molecule has 0 aromatic carbocycles. The molecule has 1 aliphatic heterocycles. The molecular formula is C16H27NO3. The van der Waals surface area contributed by atoms with Gasteiger partial charge in [-0.05, 0) is 39.5 Å². The summed E-state index contributed by atoms with van der Waals surface area (Å²) in [7, 11) is 0. The number of hydrogen-bond acceptors (Lipinski definition) is 2. The summed E-state index contributed by atoms with van der Waals surface area (Å²) < 4.78 is 0. The number of rotatable bonds is 3. The Bertz CT molecular complexity index is 381. The highest BCUT2D eigenvalue weighted by molar-refractivity contribution is 5.85. The molecule has 114 valence electrons. The van der Waals surface area contributed by atoms with Gasteiger partial charge in [-0.2, -0.15) is 0 Å². The summed E-state index contributed by atoms with van der Waals surface area (Å²) >= 11 is 0. The standard InChI is InChI=1S/C16H27NO3/c1-15(2)8-7-11-17(15)13(18)12-16(14(19)20)9-5-3-4-6-10-16/h3-12H2,1-2H3,(H,19,20). The Kier molecular flexibility index (Phi) is 4.40. The van der Waals surface area contributed by atoms with Crippen LogP contribution < -0.4 is 0 Å². The molecule has 0 atom stereocenters. The number of hydrogen-bond donors (Lipinski definition) is 1. The number of amides is 1. The summed E-state index contributed by atoms with van der Waals surface area (Å²) in [5, 5.41) is 9.66. The second kappa shape index (κ2) is 5.74. The van der Waals surface area contributed by atoms with Crippen LogP contribution in [0.15, 0.2) is 0 Å². The van der Waals surface area contributed by atoms with Crippen molar-refractivity contribution in [3.63, 3.8) is 0 Å². The van der Waals surface area contributed by atoms with Crippen molar-refractivity contribution in [2.24, 2.45) is 5.41 Å². The minimum Gasteiger partial charge on any atom is -0.481 e. The molecule has 1 N–H and O–H groups in total. The van der Waals surface area contributed by atoms with Gasteiger partial charge < -0.3 is 10.0 Å². The van der Waals surface area contributed by atoms with Gasteiger partial charge in [-0.3, -0.25) is 9.59 Å². The fourth-order valence-electron chi connectivity index (χ4n) is 3.83. The van der Waals surface area contributed by atoms with Gasteiger partial charge in [-0.15, -0.1) is 0 Å². The Hall–Kier alpha value is -1.06. The number of likely N-dealkylation sites (tertiary alicyclic amines) is 1. The lowest BCUT2D eigenvalue weighted by Gasteiger charge is -2.35. The Balaban J connectivity index is 2.12. The number of carbonyl (C=O) groups excluding carboxylic acids is 1. The van der Waals surface area contributed by atoms with Gasteiger partial charge in [0.05, 0.1) is 5.41 Å². The third-order valence-electron chi connectivity index (χ3n) is 5.21. The van der Waals surface area contributed by atoms with E-state index >= 15 is 0 Å². The molecule has 1 aliphatic carbocycles. The van der Waals surface area contributed by atoms with Crippen LogP contribution in [0.2, 0.25) is 0 Å². The molecule has 1 amide bonds. The highest BCUT2D eigenvalue weighted by Crippen LogP contribution is 2.40. The molecule has 4 heteroatoms. The van der Waals surface area contributed by atoms with Gasteiger partial charge in [-0.1, -0.05) is 25.7 Å². The van der Waals surface area contributed by atoms with Crippen molar-refractivity contribution in [1.29, 1.82) is 0 Å². The predicted octanol–water partition coefficient (Wildman–Crippen LogP) is 3.20. The van der Waals surface area contributed by atoms with E-state index < -0.39 is 11.4 Å². The Morgan fingerprint density at radius 3 is 2.05 bits per heavy atom. The Morgan fingerprint density at radius 1 is 1.00 bits per heavy atom. The van der Waals surface area contributed by atoms with Crippen molar-refractivity contribution in [2.45, 2.75) is 77.2 Å². The summed E-state index contributed by atoms with van der Waals surface area (Å²) in [6, 6.07) is 0. The van der Waals surface area contributed by atoms with Gasteiger partial charge in [0.1, 0.15) is 0 Å². The largest absolute Gasteiger partial charge is 0.481 e. The molecule has 1 saturated heterocycles. The zero-order valence-corrected chi connectivity index (χ0v) is 12.8. The Morgan fingerprint density at radius 2 is 1.60 bits per heavy atom. The van der Waals surface area contributed by atoms with E-state index in [-0.39, 0.29) is 17.9 Å². The van der Waals surface area contributed by atoms with E-state index in [0.29, 0.717) is 12.8 Å². The van der Waals surface area contributed by atoms with Gasteiger partial charge in [0.25, 0.3) is 0 Å². The first-order valence-electron chi connectivity index (χ1n) is 7.91. The SMILES string of the molecule is CC1(C)CCCN1C(=O)CC1(C(=O)O)CCCCCC1. The molecule has 0 bridgehead atoms. The highest BCUT2D eigenvalue weighted by atomic mass is 16.4. The first-order valence-corrected chi connectivity index (χ1v) is 7.91. The molecule has 0 aromatic rings. The van der Waals surface area contributed by atoms with Crippen molar-refractivity contribution in [3.8, 4) is 0 Å². The van der Waals surface area contributed by atoms with Crippen LogP contribution in [0.4, 0.5) is 0 Å². The van der Waals surface area contributed by atoms with E-state index in [1.165, 1.54) is 0 Å². The fourth-order valence-corrected chi connectivity index (χ4v) is 3.83. The lowest BCUT2D eigenvalue weighted by Crippen LogP contribution is -2.46. The van der Waals surface area contributed by atoms with E-state index in [9.17, 15) is 14.7 Å². The third-order valence-corrected chi connectivity index (χ3v) is 5.21. The molecule has 0 unspecified atom stereocenters. The summed E-state index contributed by atoms with van der Waals surface area (Å²) in [5.74, 6) is -0.735. The molecule has 2 aliphatic rings. The second-order valence-corrected chi connectivity index (χ2v) is 7.14. The summed E-state index contributed by atoms with van der Waals surface area (Å²) in [4.78, 5) is 26.3. The minimum atomic E-state index is -0.813. The molecule has 20 heavy (non-hydrogen) atoms. The smallest absolute Gasteiger partial charge is 0.310 e. The zero-order valence-electron chi connectivity index (χ0n) is 12.8. The van der Waals surface area contributed by atoms with Crippen molar-refractivity contribution in [3.05, 3.63) is 0 Å². The van der Waals surface area contributed by atoms with Crippen LogP contribution in [-0.2, 0) is 9.59 Å². The second-order valence-electron chi connectivity index (χ2n) is 7.14. The number of nitrogens with zero attached hydrogens (tertiary/aromatic N) is 1. The van der Waals surface area contributed by atoms with Gasteiger partial charge in [0, 0.05) is 18.5 Å². The van der Waals surface area contributed by atoms with E-state index in [2.05, 4.69) is 13.8 Å². The van der Waals surface area contributed by atoms with Gasteiger partial charge in [0.2, 0.25) is 5.91 Å². The van der Waals surface area contributed by atoms with Crippen LogP contribution in [0.3, 0.4) is 0 Å². The molecule has 2 rings (SSSR count). The van der Waals surface area contributed by atoms with Crippen LogP contribution in [0.5, 0.6) is 0 Å². The molecule has 1 heterocycles. The first kappa shape index (κ1) is 15.3. The van der Waals surface area contributed by atoms with Crippen molar-refractivity contribution < 1.29 is 14.7 Å². The van der Waals surface area contributed by atoms with Crippen LogP contribution in [0.1, 0.15) is 71.6 Å². The van der Waals surface area contributed by atoms with Gasteiger partial charge in [-0.25, -0.2) is 0 Å². The van der Waals surface area contributed by atoms with E-state index in [0.717, 1.165) is 45.1 Å². The first-order chi connectivity index (χ1) is 9.37. The molecular weight excluding hydrogens is 254 g/mol. The number of carboxylic acids is 1. The number of aliphatic carboxylic acids is 1. The molecule has 4 nitrogen and oxygen atoms in total. The predicted molar refractivity (Wildman–Crippen MR) is 77.4 cm³/mol. The van der Waals surface area contributed by atoms with Crippen LogP contribution in [-0.4, -0.2) is 34.0 Å². The van der Waals surface area contributed by atoms with E-state index in [1.54, 1.807) is 0 Å². The summed E-state index contributed by atoms with van der Waals surface area (Å²) in [6.07, 6.45) is 7.59. The van der Waals surface area contributed by atoms with Crippen LogP contribution in [0, 0.1) is 5.41 Å². The average Bonchev–Trinajstić information content (AvgIpc) is 2.59. The lowest BCUT2D eigenvalue weighted by atomic mass is 9.77. The number of carboxylic acid groups (broad SMARTS) is 1. The normalized spacial score (nSPS) is 25.2. The van der Waals surface area contributed by atoms with Crippen LogP contribution >= 0.6 is 0 Å². The maximum absolute atomic E-state index is 12.6. The van der Waals surface area contributed by atoms with Gasteiger partial charge in [0.15, 0.2) is 0 Å². The van der Waals surface area contributed by atoms with Crippen molar-refractivity contribution in [2.75, 3.05) is 6.54 Å². The summed E-state index contributed by atoms with van der Waals surface area (Å²) in [5.41, 5.74) is -0.923. The maximum atomic E-state index is 12.6. The third kappa shape index (κ3) is 2.99. The van der Waals surface area contributed by atoms with Crippen LogP contribution in [0.25, 0.3) is 0 Å². The topological polar surface area (TPSA) is 57.6 Å². The van der Waals surface area contributed by atoms with Crippen molar-refractivity contribution in [1.82, 2.24) is 4.90 Å². The Labute approximate surface area is 121 Å². The lowest BCUT2D eigenvalue weighted by molar-refractivity contribution is -0.155. The quantitative estimate of drug-likeness (QED) is 0.808. The van der Waals surface area contributed by atoms with E-state index in [1.807, 2.05) is 4.90 Å². The molecule has 1 saturated carbocycles. The molecule has 0 spiro atoms. The molecule has 0 radical (unpaired) electrons. The summed E-state index contributed by atoms with van der Waals surface area (Å²) in [6.45, 7) is 4.94. The fraction of sp³-hybridized carbons (Fsp3) is 0.875. The minimum absolute atomic E-state index is 0.0387. The maximum Gasteiger partial charge on any atom is 0.310 e. The average molecular weight is 281 g/mol. The highest BCUT2D eigenvalue weighted by Gasteiger charge is 2.44. The van der Waals surface area contributed by atoms with Crippen molar-refractivity contribution >= 4 is 11.9 Å². The molecule has 2 fully saturated rings. The van der Waals surface area contributed by atoms with Gasteiger partial charge >= 0.3 is 5.97 Å². The van der Waals surface area contributed by atoms with E-state index in [4.69, 9.17) is 0 Å². The number of carbonyl (C=O) groups is 2.